The Balaban J connectivity index is 2.32. The highest BCUT2D eigenvalue weighted by molar-refractivity contribution is 9.10. The van der Waals surface area contributed by atoms with Gasteiger partial charge >= 0.3 is 0 Å². The van der Waals surface area contributed by atoms with Crippen molar-refractivity contribution in [2.24, 2.45) is 0 Å². The molecule has 0 atom stereocenters. The first-order chi connectivity index (χ1) is 8.95. The van der Waals surface area contributed by atoms with Crippen molar-refractivity contribution in [3.05, 3.63) is 33.8 Å². The Hall–Kier alpha value is -1.47. The molecule has 1 heterocycles. The normalized spacial score (nSPS) is 10.4. The first kappa shape index (κ1) is 14.0. The van der Waals surface area contributed by atoms with Gasteiger partial charge in [0, 0.05) is 18.6 Å². The van der Waals surface area contributed by atoms with Crippen LogP contribution in [0, 0.1) is 5.82 Å². The molecule has 0 radical (unpaired) electrons. The molecular weight excluding hydrogens is 337 g/mol. The van der Waals surface area contributed by atoms with Gasteiger partial charge in [-0.25, -0.2) is 4.39 Å². The molecule has 1 aromatic carbocycles. The summed E-state index contributed by atoms with van der Waals surface area (Å²) in [5.74, 6) is 0.155. The molecule has 2 aromatic rings. The zero-order valence-electron chi connectivity index (χ0n) is 10.2. The van der Waals surface area contributed by atoms with Gasteiger partial charge in [-0.1, -0.05) is 15.9 Å². The summed E-state index contributed by atoms with van der Waals surface area (Å²) in [5, 5.41) is 2.81. The van der Waals surface area contributed by atoms with Gasteiger partial charge < -0.3 is 10.2 Å². The highest BCUT2D eigenvalue weighted by Gasteiger charge is 2.09. The number of rotatable bonds is 3. The van der Waals surface area contributed by atoms with E-state index in [1.165, 1.54) is 6.07 Å². The Kier molecular flexibility index (Phi) is 4.16. The van der Waals surface area contributed by atoms with E-state index in [1.807, 2.05) is 0 Å². The molecular formula is C11H10BrClFN5. The standard InChI is InChI=1S/C11H10BrClFN5/c1-19(2)11-17-9(13)16-10(18-11)15-8-4-3-6(12)5-7(8)14/h3-5H,1-2H3,(H,15,16,17,18). The topological polar surface area (TPSA) is 53.9 Å². The predicted molar refractivity (Wildman–Crippen MR) is 76.5 cm³/mol. The fraction of sp³-hybridized carbons (Fsp3) is 0.182. The number of nitrogens with zero attached hydrogens (tertiary/aromatic N) is 4. The number of halogens is 3. The number of aromatic nitrogens is 3. The van der Waals surface area contributed by atoms with E-state index in [9.17, 15) is 4.39 Å². The van der Waals surface area contributed by atoms with Crippen molar-refractivity contribution in [1.82, 2.24) is 15.0 Å². The zero-order chi connectivity index (χ0) is 14.0. The first-order valence-electron chi connectivity index (χ1n) is 5.26. The molecule has 0 spiro atoms. The molecule has 1 N–H and O–H groups in total. The molecule has 0 bridgehead atoms. The van der Waals surface area contributed by atoms with Gasteiger partial charge in [-0.05, 0) is 29.8 Å². The third-order valence-electron chi connectivity index (χ3n) is 2.17. The van der Waals surface area contributed by atoms with Crippen molar-refractivity contribution < 1.29 is 4.39 Å². The lowest BCUT2D eigenvalue weighted by Crippen LogP contribution is -2.14. The molecule has 8 heteroatoms. The molecule has 0 saturated carbocycles. The second-order valence-corrected chi connectivity index (χ2v) is 5.13. The Morgan fingerprint density at radius 3 is 2.63 bits per heavy atom. The molecule has 0 aliphatic carbocycles. The van der Waals surface area contributed by atoms with Crippen LogP contribution in [0.1, 0.15) is 0 Å². The molecule has 1 aromatic heterocycles. The number of anilines is 3. The van der Waals surface area contributed by atoms with Gasteiger partial charge in [-0.15, -0.1) is 0 Å². The zero-order valence-corrected chi connectivity index (χ0v) is 12.5. The van der Waals surface area contributed by atoms with Crippen LogP contribution in [0.2, 0.25) is 5.28 Å². The van der Waals surface area contributed by atoms with Crippen molar-refractivity contribution in [3.63, 3.8) is 0 Å². The summed E-state index contributed by atoms with van der Waals surface area (Å²) in [7, 11) is 3.55. The Bertz CT molecular complexity index is 608. The van der Waals surface area contributed by atoms with Gasteiger partial charge in [-0.3, -0.25) is 0 Å². The fourth-order valence-electron chi connectivity index (χ4n) is 1.31. The van der Waals surface area contributed by atoms with E-state index in [0.29, 0.717) is 10.4 Å². The molecule has 0 aliphatic rings. The highest BCUT2D eigenvalue weighted by atomic mass is 79.9. The lowest BCUT2D eigenvalue weighted by Gasteiger charge is -2.12. The van der Waals surface area contributed by atoms with Crippen molar-refractivity contribution in [2.75, 3.05) is 24.3 Å². The van der Waals surface area contributed by atoms with E-state index in [-0.39, 0.29) is 16.9 Å². The summed E-state index contributed by atoms with van der Waals surface area (Å²) in [6.45, 7) is 0. The minimum atomic E-state index is -0.419. The lowest BCUT2D eigenvalue weighted by molar-refractivity contribution is 0.630. The van der Waals surface area contributed by atoms with Crippen LogP contribution in [0.4, 0.5) is 22.0 Å². The molecule has 0 fully saturated rings. The Morgan fingerprint density at radius 1 is 1.26 bits per heavy atom. The molecule has 2 rings (SSSR count). The molecule has 0 amide bonds. The largest absolute Gasteiger partial charge is 0.347 e. The van der Waals surface area contributed by atoms with Crippen molar-refractivity contribution in [2.45, 2.75) is 0 Å². The number of nitrogens with one attached hydrogen (secondary N) is 1. The monoisotopic (exact) mass is 345 g/mol. The van der Waals surface area contributed by atoms with Gasteiger partial charge in [0.05, 0.1) is 5.69 Å². The molecule has 0 saturated heterocycles. The van der Waals surface area contributed by atoms with E-state index in [2.05, 4.69) is 36.2 Å². The maximum atomic E-state index is 13.7. The van der Waals surface area contributed by atoms with Crippen LogP contribution in [0.3, 0.4) is 0 Å². The van der Waals surface area contributed by atoms with Crippen LogP contribution in [-0.4, -0.2) is 29.0 Å². The molecule has 19 heavy (non-hydrogen) atoms. The fourth-order valence-corrected chi connectivity index (χ4v) is 1.80. The van der Waals surface area contributed by atoms with E-state index >= 15 is 0 Å². The highest BCUT2D eigenvalue weighted by Crippen LogP contribution is 2.22. The van der Waals surface area contributed by atoms with E-state index in [0.717, 1.165) is 0 Å². The van der Waals surface area contributed by atoms with Crippen LogP contribution in [-0.2, 0) is 0 Å². The average Bonchev–Trinajstić information content (AvgIpc) is 2.32. The van der Waals surface area contributed by atoms with Crippen LogP contribution in [0.25, 0.3) is 0 Å². The minimum Gasteiger partial charge on any atom is -0.347 e. The van der Waals surface area contributed by atoms with Crippen molar-refractivity contribution in [1.29, 1.82) is 0 Å². The van der Waals surface area contributed by atoms with Crippen molar-refractivity contribution in [3.8, 4) is 0 Å². The summed E-state index contributed by atoms with van der Waals surface area (Å²) in [4.78, 5) is 13.6. The first-order valence-corrected chi connectivity index (χ1v) is 6.44. The van der Waals surface area contributed by atoms with E-state index in [4.69, 9.17) is 11.6 Å². The number of benzene rings is 1. The predicted octanol–water partition coefficient (Wildman–Crippen LogP) is 3.24. The third kappa shape index (κ3) is 3.51. The average molecular weight is 347 g/mol. The van der Waals surface area contributed by atoms with Crippen LogP contribution < -0.4 is 10.2 Å². The minimum absolute atomic E-state index is 0.0405. The number of hydrogen-bond donors (Lipinski definition) is 1. The van der Waals surface area contributed by atoms with Gasteiger partial charge in [-0.2, -0.15) is 15.0 Å². The van der Waals surface area contributed by atoms with Crippen LogP contribution >= 0.6 is 27.5 Å². The lowest BCUT2D eigenvalue weighted by atomic mass is 10.3. The molecule has 0 unspecified atom stereocenters. The van der Waals surface area contributed by atoms with Gasteiger partial charge in [0.1, 0.15) is 5.82 Å². The summed E-state index contributed by atoms with van der Waals surface area (Å²) in [6.07, 6.45) is 0. The quantitative estimate of drug-likeness (QED) is 0.924. The smallest absolute Gasteiger partial charge is 0.233 e. The second-order valence-electron chi connectivity index (χ2n) is 3.87. The Morgan fingerprint density at radius 2 is 2.00 bits per heavy atom. The summed E-state index contributed by atoms with van der Waals surface area (Å²) >= 11 is 8.98. The maximum Gasteiger partial charge on any atom is 0.233 e. The third-order valence-corrected chi connectivity index (χ3v) is 2.84. The molecule has 100 valence electrons. The Labute approximate surface area is 123 Å². The van der Waals surface area contributed by atoms with Gasteiger partial charge in [0.2, 0.25) is 17.2 Å². The van der Waals surface area contributed by atoms with Gasteiger partial charge in [0.15, 0.2) is 0 Å². The second kappa shape index (κ2) is 5.66. The summed E-state index contributed by atoms with van der Waals surface area (Å²) < 4.78 is 14.3. The summed E-state index contributed by atoms with van der Waals surface area (Å²) in [6, 6.07) is 4.63. The van der Waals surface area contributed by atoms with Crippen LogP contribution in [0.15, 0.2) is 22.7 Å². The SMILES string of the molecule is CN(C)c1nc(Cl)nc(Nc2ccc(Br)cc2F)n1. The summed E-state index contributed by atoms with van der Waals surface area (Å²) in [5.41, 5.74) is 0.259. The number of hydrogen-bond acceptors (Lipinski definition) is 5. The van der Waals surface area contributed by atoms with Crippen LogP contribution in [0.5, 0.6) is 0 Å². The maximum absolute atomic E-state index is 13.7. The van der Waals surface area contributed by atoms with E-state index < -0.39 is 5.82 Å². The molecule has 5 nitrogen and oxygen atoms in total. The van der Waals surface area contributed by atoms with E-state index in [1.54, 1.807) is 31.1 Å². The van der Waals surface area contributed by atoms with Crippen molar-refractivity contribution >= 4 is 45.1 Å². The molecule has 0 aliphatic heterocycles. The van der Waals surface area contributed by atoms with Gasteiger partial charge in [0.25, 0.3) is 0 Å².